The minimum Gasteiger partial charge on any atom is -0.444 e. The fourth-order valence-corrected chi connectivity index (χ4v) is 3.10. The van der Waals surface area contributed by atoms with Gasteiger partial charge >= 0.3 is 6.09 Å². The first-order valence-electron chi connectivity index (χ1n) is 8.74. The smallest absolute Gasteiger partial charge is 0.410 e. The molecule has 2 aromatic rings. The lowest BCUT2D eigenvalue weighted by Crippen LogP contribution is -2.36. The summed E-state index contributed by atoms with van der Waals surface area (Å²) in [5.41, 5.74) is 11.6. The summed E-state index contributed by atoms with van der Waals surface area (Å²) in [6.07, 6.45) is 4.98. The van der Waals surface area contributed by atoms with Crippen molar-refractivity contribution in [1.82, 2.24) is 14.9 Å². The molecule has 3 rings (SSSR count). The second-order valence-electron chi connectivity index (χ2n) is 7.24. The Labute approximate surface area is 168 Å². The lowest BCUT2D eigenvalue weighted by molar-refractivity contribution is 0.0224. The average Bonchev–Trinajstić information content (AvgIpc) is 3.03. The second-order valence-corrected chi connectivity index (χ2v) is 8.16. The van der Waals surface area contributed by atoms with Gasteiger partial charge in [-0.05, 0) is 63.4 Å². The van der Waals surface area contributed by atoms with Gasteiger partial charge in [0.25, 0.3) is 0 Å². The van der Waals surface area contributed by atoms with E-state index in [1.165, 1.54) is 0 Å². The number of likely N-dealkylation sites (tertiary alicyclic amines) is 1. The van der Waals surface area contributed by atoms with Crippen LogP contribution >= 0.6 is 15.9 Å². The van der Waals surface area contributed by atoms with Crippen molar-refractivity contribution < 1.29 is 9.53 Å². The molecule has 1 aliphatic heterocycles. The number of nitrogen functional groups attached to an aromatic ring is 2. The number of carbonyl (C=O) groups excluding carboxylic acids is 1. The van der Waals surface area contributed by atoms with Gasteiger partial charge in [0.1, 0.15) is 17.2 Å². The summed E-state index contributed by atoms with van der Waals surface area (Å²) in [4.78, 5) is 21.7. The van der Waals surface area contributed by atoms with E-state index in [0.717, 1.165) is 29.4 Å². The molecule has 2 aromatic heterocycles. The summed E-state index contributed by atoms with van der Waals surface area (Å²) in [6.45, 7) is 6.35. The van der Waals surface area contributed by atoms with Crippen LogP contribution < -0.4 is 11.5 Å². The Morgan fingerprint density at radius 1 is 1.19 bits per heavy atom. The van der Waals surface area contributed by atoms with E-state index in [-0.39, 0.29) is 12.1 Å². The van der Waals surface area contributed by atoms with E-state index in [4.69, 9.17) is 16.2 Å². The number of nitrogens with zero attached hydrogens (tertiary/aromatic N) is 3. The van der Waals surface area contributed by atoms with Gasteiger partial charge in [0.15, 0.2) is 0 Å². The predicted molar refractivity (Wildman–Crippen MR) is 110 cm³/mol. The lowest BCUT2D eigenvalue weighted by Gasteiger charge is -2.28. The van der Waals surface area contributed by atoms with Gasteiger partial charge in [-0.25, -0.2) is 14.8 Å². The average molecular weight is 436 g/mol. The number of hydrogen-bond acceptors (Lipinski definition) is 6. The Morgan fingerprint density at radius 3 is 2.33 bits per heavy atom. The van der Waals surface area contributed by atoms with Crippen molar-refractivity contribution in [3.63, 3.8) is 0 Å². The van der Waals surface area contributed by atoms with Gasteiger partial charge in [0.2, 0.25) is 0 Å². The van der Waals surface area contributed by atoms with Crippen molar-refractivity contribution in [1.29, 1.82) is 0 Å². The maximum atomic E-state index is 12.2. The summed E-state index contributed by atoms with van der Waals surface area (Å²) in [6, 6.07) is 7.35. The molecule has 1 saturated heterocycles. The van der Waals surface area contributed by atoms with Gasteiger partial charge < -0.3 is 21.1 Å². The minimum atomic E-state index is -0.471. The maximum Gasteiger partial charge on any atom is 0.410 e. The van der Waals surface area contributed by atoms with Gasteiger partial charge in [0, 0.05) is 23.4 Å². The van der Waals surface area contributed by atoms with Crippen LogP contribution in [-0.2, 0) is 4.74 Å². The molecule has 1 aliphatic rings. The number of halogens is 1. The van der Waals surface area contributed by atoms with Crippen LogP contribution in [0.4, 0.5) is 16.4 Å². The SMILES string of the molecule is CC(C)(C)OC(=O)N1CCCC1c1ccnc(N)c1.Nc1cc(Br)ccn1. The maximum absolute atomic E-state index is 12.2. The highest BCUT2D eigenvalue weighted by Crippen LogP contribution is 2.33. The second kappa shape index (κ2) is 9.03. The van der Waals surface area contributed by atoms with E-state index in [2.05, 4.69) is 25.9 Å². The van der Waals surface area contributed by atoms with E-state index in [1.54, 1.807) is 23.4 Å². The zero-order valence-corrected chi connectivity index (χ0v) is 17.4. The van der Waals surface area contributed by atoms with E-state index in [1.807, 2.05) is 39.0 Å². The van der Waals surface area contributed by atoms with Gasteiger partial charge in [-0.1, -0.05) is 15.9 Å². The number of hydrogen-bond donors (Lipinski definition) is 2. The number of pyridine rings is 2. The van der Waals surface area contributed by atoms with Crippen LogP contribution in [0.5, 0.6) is 0 Å². The third-order valence-corrected chi connectivity index (χ3v) is 4.31. The van der Waals surface area contributed by atoms with Gasteiger partial charge in [0.05, 0.1) is 6.04 Å². The Morgan fingerprint density at radius 2 is 1.81 bits per heavy atom. The van der Waals surface area contributed by atoms with Crippen LogP contribution in [0.15, 0.2) is 41.1 Å². The summed E-state index contributed by atoms with van der Waals surface area (Å²) < 4.78 is 6.41. The highest BCUT2D eigenvalue weighted by Gasteiger charge is 2.33. The van der Waals surface area contributed by atoms with Crippen molar-refractivity contribution in [3.05, 3.63) is 46.7 Å². The molecule has 0 saturated carbocycles. The number of amides is 1. The van der Waals surface area contributed by atoms with Gasteiger partial charge in [-0.2, -0.15) is 0 Å². The predicted octanol–water partition coefficient (Wildman–Crippen LogP) is 4.16. The van der Waals surface area contributed by atoms with Crippen LogP contribution in [-0.4, -0.2) is 33.1 Å². The van der Waals surface area contributed by atoms with Crippen molar-refractivity contribution in [3.8, 4) is 0 Å². The first-order valence-corrected chi connectivity index (χ1v) is 9.53. The normalized spacial score (nSPS) is 16.4. The summed E-state index contributed by atoms with van der Waals surface area (Å²) in [5.74, 6) is 1.02. The number of carbonyl (C=O) groups is 1. The van der Waals surface area contributed by atoms with E-state index in [9.17, 15) is 4.79 Å². The standard InChI is InChI=1S/C14H21N3O2.C5H5BrN2/c1-14(2,3)19-13(18)17-8-4-5-11(17)10-6-7-16-12(15)9-10;6-4-1-2-8-5(7)3-4/h6-7,9,11H,4-5,8H2,1-3H3,(H2,15,16);1-3H,(H2,7,8). The van der Waals surface area contributed by atoms with Gasteiger partial charge in [-0.15, -0.1) is 0 Å². The molecule has 1 unspecified atom stereocenters. The Bertz CT molecular complexity index is 761. The van der Waals surface area contributed by atoms with Gasteiger partial charge in [-0.3, -0.25) is 0 Å². The third kappa shape index (κ3) is 6.71. The van der Waals surface area contributed by atoms with Crippen LogP contribution in [0.1, 0.15) is 45.2 Å². The molecule has 1 fully saturated rings. The molecular weight excluding hydrogens is 410 g/mol. The highest BCUT2D eigenvalue weighted by molar-refractivity contribution is 9.10. The minimum absolute atomic E-state index is 0.0418. The summed E-state index contributed by atoms with van der Waals surface area (Å²) in [7, 11) is 0. The molecule has 7 nitrogen and oxygen atoms in total. The molecule has 0 aromatic carbocycles. The van der Waals surface area contributed by atoms with Crippen molar-refractivity contribution in [2.45, 2.75) is 45.3 Å². The molecule has 0 aliphatic carbocycles. The molecule has 0 radical (unpaired) electrons. The highest BCUT2D eigenvalue weighted by atomic mass is 79.9. The molecule has 27 heavy (non-hydrogen) atoms. The zero-order valence-electron chi connectivity index (χ0n) is 15.9. The zero-order chi connectivity index (χ0) is 20.0. The van der Waals surface area contributed by atoms with Crippen molar-refractivity contribution in [2.75, 3.05) is 18.0 Å². The number of aromatic nitrogens is 2. The molecule has 0 spiro atoms. The molecule has 146 valence electrons. The van der Waals surface area contributed by atoms with Crippen molar-refractivity contribution in [2.24, 2.45) is 0 Å². The molecule has 0 bridgehead atoms. The quantitative estimate of drug-likeness (QED) is 0.695. The third-order valence-electron chi connectivity index (χ3n) is 3.81. The summed E-state index contributed by atoms with van der Waals surface area (Å²) >= 11 is 3.24. The monoisotopic (exact) mass is 435 g/mol. The largest absolute Gasteiger partial charge is 0.444 e. The van der Waals surface area contributed by atoms with Crippen LogP contribution in [0, 0.1) is 0 Å². The van der Waals surface area contributed by atoms with E-state index in [0.29, 0.717) is 11.6 Å². The fourth-order valence-electron chi connectivity index (χ4n) is 2.75. The molecular formula is C19H26BrN5O2. The molecule has 3 heterocycles. The van der Waals surface area contributed by atoms with E-state index < -0.39 is 5.60 Å². The van der Waals surface area contributed by atoms with Crippen molar-refractivity contribution >= 4 is 33.7 Å². The summed E-state index contributed by atoms with van der Waals surface area (Å²) in [5, 5.41) is 0. The van der Waals surface area contributed by atoms with Crippen LogP contribution in [0.3, 0.4) is 0 Å². The Balaban J connectivity index is 0.000000273. The number of nitrogens with two attached hydrogens (primary N) is 2. The Kier molecular flexibility index (Phi) is 7.01. The first-order chi connectivity index (χ1) is 12.7. The molecule has 1 amide bonds. The Hall–Kier alpha value is -2.35. The topological polar surface area (TPSA) is 107 Å². The number of rotatable bonds is 1. The molecule has 4 N–H and O–H groups in total. The molecule has 8 heteroatoms. The lowest BCUT2D eigenvalue weighted by atomic mass is 10.1. The van der Waals surface area contributed by atoms with E-state index >= 15 is 0 Å². The van der Waals surface area contributed by atoms with Crippen LogP contribution in [0.2, 0.25) is 0 Å². The first kappa shape index (κ1) is 21.0. The molecule has 1 atom stereocenters. The van der Waals surface area contributed by atoms with Crippen LogP contribution in [0.25, 0.3) is 0 Å². The number of anilines is 2. The fraction of sp³-hybridized carbons (Fsp3) is 0.421. The number of ether oxygens (including phenoxy) is 1.